The topological polar surface area (TPSA) is 58.4 Å². The lowest BCUT2D eigenvalue weighted by atomic mass is 9.97. The van der Waals surface area contributed by atoms with Crippen molar-refractivity contribution in [3.8, 4) is 0 Å². The Labute approximate surface area is 97.6 Å². The number of hydrogen-bond acceptors (Lipinski definition) is 3. The molecule has 16 heavy (non-hydrogen) atoms. The predicted molar refractivity (Wildman–Crippen MR) is 64.0 cm³/mol. The Kier molecular flexibility index (Phi) is 3.82. The average molecular weight is 225 g/mol. The van der Waals surface area contributed by atoms with E-state index >= 15 is 0 Å². The molecular formula is C12H23N3O. The molecule has 0 aromatic heterocycles. The highest BCUT2D eigenvalue weighted by atomic mass is 16.2. The number of fused-ring (bicyclic) bond motifs is 1. The van der Waals surface area contributed by atoms with Gasteiger partial charge in [-0.2, -0.15) is 0 Å². The normalized spacial score (nSPS) is 32.1. The van der Waals surface area contributed by atoms with Gasteiger partial charge in [-0.25, -0.2) is 0 Å². The molecule has 3 N–H and O–H groups in total. The van der Waals surface area contributed by atoms with Crippen molar-refractivity contribution in [2.75, 3.05) is 13.1 Å². The molecule has 2 saturated heterocycles. The van der Waals surface area contributed by atoms with E-state index < -0.39 is 0 Å². The van der Waals surface area contributed by atoms with Gasteiger partial charge in [-0.1, -0.05) is 6.92 Å². The SMILES string of the molecule is CCC(N)C(=O)NC1CCN2CCCC2C1. The molecule has 2 heterocycles. The fourth-order valence-electron chi connectivity index (χ4n) is 2.85. The lowest BCUT2D eigenvalue weighted by Gasteiger charge is -2.35. The van der Waals surface area contributed by atoms with Crippen molar-refractivity contribution in [1.82, 2.24) is 10.2 Å². The molecule has 4 heteroatoms. The monoisotopic (exact) mass is 225 g/mol. The summed E-state index contributed by atoms with van der Waals surface area (Å²) in [5, 5.41) is 3.09. The van der Waals surface area contributed by atoms with Crippen molar-refractivity contribution >= 4 is 5.91 Å². The first-order valence-corrected chi connectivity index (χ1v) is 6.50. The molecule has 0 aromatic rings. The van der Waals surface area contributed by atoms with Crippen LogP contribution in [0.1, 0.15) is 39.0 Å². The van der Waals surface area contributed by atoms with Gasteiger partial charge in [-0.15, -0.1) is 0 Å². The highest BCUT2D eigenvalue weighted by molar-refractivity contribution is 5.81. The molecule has 0 bridgehead atoms. The Bertz CT molecular complexity index is 257. The van der Waals surface area contributed by atoms with Gasteiger partial charge in [0.25, 0.3) is 0 Å². The first-order valence-electron chi connectivity index (χ1n) is 6.50. The summed E-state index contributed by atoms with van der Waals surface area (Å²) in [6, 6.07) is 0.725. The highest BCUT2D eigenvalue weighted by Gasteiger charge is 2.32. The predicted octanol–water partition coefficient (Wildman–Crippen LogP) is 0.467. The maximum atomic E-state index is 11.7. The molecule has 0 spiro atoms. The van der Waals surface area contributed by atoms with Crippen LogP contribution in [0.2, 0.25) is 0 Å². The Balaban J connectivity index is 1.81. The molecule has 1 amide bonds. The van der Waals surface area contributed by atoms with Crippen LogP contribution in [0.3, 0.4) is 0 Å². The average Bonchev–Trinajstić information content (AvgIpc) is 2.75. The summed E-state index contributed by atoms with van der Waals surface area (Å²) in [6.45, 7) is 4.33. The van der Waals surface area contributed by atoms with E-state index in [4.69, 9.17) is 5.73 Å². The van der Waals surface area contributed by atoms with Gasteiger partial charge >= 0.3 is 0 Å². The van der Waals surface area contributed by atoms with Crippen molar-refractivity contribution in [3.63, 3.8) is 0 Å². The maximum Gasteiger partial charge on any atom is 0.237 e. The van der Waals surface area contributed by atoms with Crippen molar-refractivity contribution in [3.05, 3.63) is 0 Å². The number of nitrogens with one attached hydrogen (secondary N) is 1. The molecule has 0 aromatic carbocycles. The molecule has 0 saturated carbocycles. The Morgan fingerprint density at radius 1 is 1.50 bits per heavy atom. The lowest BCUT2D eigenvalue weighted by Crippen LogP contribution is -2.51. The van der Waals surface area contributed by atoms with E-state index in [1.165, 1.54) is 19.4 Å². The first kappa shape index (κ1) is 11.9. The van der Waals surface area contributed by atoms with Gasteiger partial charge < -0.3 is 16.0 Å². The van der Waals surface area contributed by atoms with Crippen molar-refractivity contribution in [1.29, 1.82) is 0 Å². The van der Waals surface area contributed by atoms with Crippen LogP contribution in [-0.2, 0) is 4.79 Å². The highest BCUT2D eigenvalue weighted by Crippen LogP contribution is 2.26. The number of carbonyl (C=O) groups excluding carboxylic acids is 1. The van der Waals surface area contributed by atoms with Crippen LogP contribution in [0, 0.1) is 0 Å². The van der Waals surface area contributed by atoms with Crippen molar-refractivity contribution < 1.29 is 4.79 Å². The van der Waals surface area contributed by atoms with Crippen LogP contribution < -0.4 is 11.1 Å². The summed E-state index contributed by atoms with van der Waals surface area (Å²) in [7, 11) is 0. The van der Waals surface area contributed by atoms with E-state index in [1.807, 2.05) is 6.92 Å². The second kappa shape index (κ2) is 5.15. The molecule has 0 radical (unpaired) electrons. The third-order valence-corrected chi connectivity index (χ3v) is 3.94. The summed E-state index contributed by atoms with van der Waals surface area (Å²) >= 11 is 0. The standard InChI is InChI=1S/C12H23N3O/c1-2-11(13)12(16)14-9-5-7-15-6-3-4-10(15)8-9/h9-11H,2-8,13H2,1H3,(H,14,16). The van der Waals surface area contributed by atoms with E-state index in [2.05, 4.69) is 10.2 Å². The largest absolute Gasteiger partial charge is 0.352 e. The summed E-state index contributed by atoms with van der Waals surface area (Å²) in [5.41, 5.74) is 5.72. The zero-order valence-electron chi connectivity index (χ0n) is 10.1. The van der Waals surface area contributed by atoms with Gasteiger partial charge in [0, 0.05) is 18.6 Å². The van der Waals surface area contributed by atoms with E-state index in [9.17, 15) is 4.79 Å². The molecule has 2 rings (SSSR count). The fourth-order valence-corrected chi connectivity index (χ4v) is 2.85. The second-order valence-electron chi connectivity index (χ2n) is 5.08. The fraction of sp³-hybridized carbons (Fsp3) is 0.917. The number of piperidine rings is 1. The minimum atomic E-state index is -0.332. The summed E-state index contributed by atoms with van der Waals surface area (Å²) in [4.78, 5) is 14.2. The number of rotatable bonds is 3. The summed E-state index contributed by atoms with van der Waals surface area (Å²) in [6.07, 6.45) is 5.53. The molecular weight excluding hydrogens is 202 g/mol. The van der Waals surface area contributed by atoms with E-state index in [0.29, 0.717) is 18.5 Å². The third kappa shape index (κ3) is 2.55. The summed E-state index contributed by atoms with van der Waals surface area (Å²) < 4.78 is 0. The minimum absolute atomic E-state index is 0.0268. The van der Waals surface area contributed by atoms with Crippen LogP contribution in [0.5, 0.6) is 0 Å². The van der Waals surface area contributed by atoms with Crippen molar-refractivity contribution in [2.45, 2.75) is 57.2 Å². The Hall–Kier alpha value is -0.610. The smallest absolute Gasteiger partial charge is 0.237 e. The van der Waals surface area contributed by atoms with Gasteiger partial charge in [0.15, 0.2) is 0 Å². The molecule has 3 atom stereocenters. The second-order valence-corrected chi connectivity index (χ2v) is 5.08. The third-order valence-electron chi connectivity index (χ3n) is 3.94. The number of amides is 1. The molecule has 92 valence electrons. The van der Waals surface area contributed by atoms with Gasteiger partial charge in [0.05, 0.1) is 6.04 Å². The Morgan fingerprint density at radius 3 is 3.06 bits per heavy atom. The lowest BCUT2D eigenvalue weighted by molar-refractivity contribution is -0.123. The number of nitrogens with zero attached hydrogens (tertiary/aromatic N) is 1. The molecule has 2 aliphatic rings. The zero-order chi connectivity index (χ0) is 11.5. The zero-order valence-corrected chi connectivity index (χ0v) is 10.1. The molecule has 2 fully saturated rings. The van der Waals surface area contributed by atoms with Gasteiger partial charge in [-0.05, 0) is 38.6 Å². The van der Waals surface area contributed by atoms with Gasteiger partial charge in [-0.3, -0.25) is 4.79 Å². The van der Waals surface area contributed by atoms with Crippen LogP contribution >= 0.6 is 0 Å². The van der Waals surface area contributed by atoms with Crippen molar-refractivity contribution in [2.24, 2.45) is 5.73 Å². The molecule has 3 unspecified atom stereocenters. The van der Waals surface area contributed by atoms with E-state index in [-0.39, 0.29) is 11.9 Å². The Morgan fingerprint density at radius 2 is 2.31 bits per heavy atom. The number of nitrogens with two attached hydrogens (primary N) is 1. The van der Waals surface area contributed by atoms with Gasteiger partial charge in [0.2, 0.25) is 5.91 Å². The van der Waals surface area contributed by atoms with Crippen LogP contribution in [0.4, 0.5) is 0 Å². The number of carbonyl (C=O) groups is 1. The van der Waals surface area contributed by atoms with E-state index in [0.717, 1.165) is 19.4 Å². The van der Waals surface area contributed by atoms with E-state index in [1.54, 1.807) is 0 Å². The molecule has 2 aliphatic heterocycles. The molecule has 0 aliphatic carbocycles. The van der Waals surface area contributed by atoms with Crippen LogP contribution in [-0.4, -0.2) is 42.0 Å². The summed E-state index contributed by atoms with van der Waals surface area (Å²) in [5.74, 6) is 0.0268. The van der Waals surface area contributed by atoms with Crippen LogP contribution in [0.25, 0.3) is 0 Å². The first-order chi connectivity index (χ1) is 7.70. The van der Waals surface area contributed by atoms with Gasteiger partial charge in [0.1, 0.15) is 0 Å². The number of hydrogen-bond donors (Lipinski definition) is 2. The molecule has 4 nitrogen and oxygen atoms in total. The maximum absolute atomic E-state index is 11.7. The van der Waals surface area contributed by atoms with Crippen LogP contribution in [0.15, 0.2) is 0 Å². The quantitative estimate of drug-likeness (QED) is 0.734. The minimum Gasteiger partial charge on any atom is -0.352 e.